The van der Waals surface area contributed by atoms with Crippen LogP contribution in [-0.2, 0) is 9.84 Å². The molecular formula is C22H18N2O3S. The molecule has 3 aromatic carbocycles. The summed E-state index contributed by atoms with van der Waals surface area (Å²) in [5.74, 6) is 0.332. The van der Waals surface area contributed by atoms with E-state index in [9.17, 15) is 8.42 Å². The molecule has 1 heterocycles. The van der Waals surface area contributed by atoms with Gasteiger partial charge in [0.25, 0.3) is 0 Å². The average molecular weight is 390 g/mol. The van der Waals surface area contributed by atoms with Crippen molar-refractivity contribution in [2.75, 3.05) is 5.32 Å². The molecule has 0 aliphatic carbocycles. The van der Waals surface area contributed by atoms with Crippen molar-refractivity contribution >= 4 is 21.4 Å². The zero-order valence-electron chi connectivity index (χ0n) is 15.2. The summed E-state index contributed by atoms with van der Waals surface area (Å²) in [5.41, 5.74) is 2.50. The van der Waals surface area contributed by atoms with Crippen molar-refractivity contribution < 1.29 is 12.8 Å². The predicted molar refractivity (Wildman–Crippen MR) is 108 cm³/mol. The molecule has 0 atom stereocenters. The van der Waals surface area contributed by atoms with E-state index in [0.29, 0.717) is 11.3 Å². The fraction of sp³-hybridized carbons (Fsp3) is 0.0455. The number of rotatable bonds is 5. The second-order valence-corrected chi connectivity index (χ2v) is 8.19. The number of aryl methyl sites for hydroxylation is 1. The van der Waals surface area contributed by atoms with Crippen molar-refractivity contribution in [1.29, 1.82) is 0 Å². The number of aromatic nitrogens is 1. The van der Waals surface area contributed by atoms with Gasteiger partial charge in [-0.1, -0.05) is 54.1 Å². The molecule has 0 saturated carbocycles. The fourth-order valence-electron chi connectivity index (χ4n) is 2.75. The highest BCUT2D eigenvalue weighted by Gasteiger charge is 2.28. The van der Waals surface area contributed by atoms with Gasteiger partial charge in [0.1, 0.15) is 0 Å². The number of hydrogen-bond donors (Lipinski definition) is 1. The van der Waals surface area contributed by atoms with Crippen LogP contribution in [0.25, 0.3) is 11.5 Å². The molecule has 0 amide bonds. The maximum atomic E-state index is 13.2. The second kappa shape index (κ2) is 7.32. The van der Waals surface area contributed by atoms with Crippen molar-refractivity contribution in [2.24, 2.45) is 0 Å². The van der Waals surface area contributed by atoms with Gasteiger partial charge in [-0.15, -0.1) is 0 Å². The molecule has 0 aliphatic rings. The largest absolute Gasteiger partial charge is 0.419 e. The molecule has 4 rings (SSSR count). The van der Waals surface area contributed by atoms with Gasteiger partial charge < -0.3 is 9.73 Å². The highest BCUT2D eigenvalue weighted by Crippen LogP contribution is 2.34. The average Bonchev–Trinajstić information content (AvgIpc) is 3.14. The molecule has 0 saturated heterocycles. The Kier molecular flexibility index (Phi) is 4.71. The number of sulfone groups is 1. The lowest BCUT2D eigenvalue weighted by molar-refractivity contribution is 0.582. The summed E-state index contributed by atoms with van der Waals surface area (Å²) in [7, 11) is -3.85. The smallest absolute Gasteiger partial charge is 0.238 e. The number of benzene rings is 3. The van der Waals surface area contributed by atoms with Gasteiger partial charge in [0.2, 0.25) is 26.6 Å². The van der Waals surface area contributed by atoms with E-state index in [-0.39, 0.29) is 21.7 Å². The summed E-state index contributed by atoms with van der Waals surface area (Å²) in [5, 5.41) is 2.90. The van der Waals surface area contributed by atoms with Crippen molar-refractivity contribution in [1.82, 2.24) is 4.98 Å². The molecule has 1 aromatic heterocycles. The molecule has 140 valence electrons. The Labute approximate surface area is 163 Å². The zero-order valence-corrected chi connectivity index (χ0v) is 16.0. The minimum atomic E-state index is -3.85. The fourth-order valence-corrected chi connectivity index (χ4v) is 4.03. The van der Waals surface area contributed by atoms with Gasteiger partial charge in [-0.05, 0) is 43.3 Å². The summed E-state index contributed by atoms with van der Waals surface area (Å²) >= 11 is 0. The molecule has 0 unspecified atom stereocenters. The molecule has 6 heteroatoms. The Hall–Kier alpha value is -3.38. The highest BCUT2D eigenvalue weighted by molar-refractivity contribution is 7.91. The van der Waals surface area contributed by atoms with Crippen molar-refractivity contribution in [3.8, 4) is 11.5 Å². The van der Waals surface area contributed by atoms with Gasteiger partial charge in [0, 0.05) is 11.3 Å². The quantitative estimate of drug-likeness (QED) is 0.505. The minimum Gasteiger partial charge on any atom is -0.419 e. The number of nitrogens with zero attached hydrogens (tertiary/aromatic N) is 1. The lowest BCUT2D eigenvalue weighted by Crippen LogP contribution is -2.05. The van der Waals surface area contributed by atoms with Gasteiger partial charge in [-0.25, -0.2) is 8.42 Å². The van der Waals surface area contributed by atoms with E-state index in [4.69, 9.17) is 4.42 Å². The topological polar surface area (TPSA) is 72.2 Å². The SMILES string of the molecule is Cc1ccc(-c2nc(S(=O)(=O)c3ccccc3)c(Nc3ccccc3)o2)cc1. The Morgan fingerprint density at radius 3 is 2.07 bits per heavy atom. The number of nitrogens with one attached hydrogen (secondary N) is 1. The molecule has 0 fully saturated rings. The third-order valence-electron chi connectivity index (χ3n) is 4.23. The molecule has 0 spiro atoms. The van der Waals surface area contributed by atoms with Crippen LogP contribution in [0.5, 0.6) is 0 Å². The Balaban J connectivity index is 1.84. The standard InChI is InChI=1S/C22H18N2O3S/c1-16-12-14-17(15-13-16)20-24-22(28(25,26)19-10-6-3-7-11-19)21(27-20)23-18-8-4-2-5-9-18/h2-15,23H,1H3. The van der Waals surface area contributed by atoms with Crippen molar-refractivity contribution in [3.63, 3.8) is 0 Å². The van der Waals surface area contributed by atoms with Gasteiger partial charge >= 0.3 is 0 Å². The van der Waals surface area contributed by atoms with Crippen LogP contribution < -0.4 is 5.32 Å². The van der Waals surface area contributed by atoms with E-state index in [1.165, 1.54) is 0 Å². The summed E-state index contributed by atoms with van der Waals surface area (Å²) in [4.78, 5) is 4.50. The molecular weight excluding hydrogens is 372 g/mol. The van der Waals surface area contributed by atoms with Crippen LogP contribution in [0.15, 0.2) is 99.3 Å². The summed E-state index contributed by atoms with van der Waals surface area (Å²) in [6, 6.07) is 25.0. The lowest BCUT2D eigenvalue weighted by atomic mass is 10.1. The third kappa shape index (κ3) is 3.54. The number of oxazole rings is 1. The monoisotopic (exact) mass is 390 g/mol. The first-order valence-electron chi connectivity index (χ1n) is 8.74. The highest BCUT2D eigenvalue weighted by atomic mass is 32.2. The molecule has 4 aromatic rings. The van der Waals surface area contributed by atoms with Crippen LogP contribution in [0, 0.1) is 6.92 Å². The Morgan fingerprint density at radius 2 is 1.43 bits per heavy atom. The van der Waals surface area contributed by atoms with E-state index in [2.05, 4.69) is 10.3 Å². The third-order valence-corrected chi connectivity index (χ3v) is 5.91. The summed E-state index contributed by atoms with van der Waals surface area (Å²) < 4.78 is 32.2. The van der Waals surface area contributed by atoms with Crippen LogP contribution >= 0.6 is 0 Å². The van der Waals surface area contributed by atoms with Crippen LogP contribution in [0.1, 0.15) is 5.56 Å². The van der Waals surface area contributed by atoms with Gasteiger partial charge in [0.15, 0.2) is 0 Å². The maximum Gasteiger partial charge on any atom is 0.238 e. The second-order valence-electron chi connectivity index (χ2n) is 6.33. The van der Waals surface area contributed by atoms with Gasteiger partial charge in [-0.3, -0.25) is 0 Å². The van der Waals surface area contributed by atoms with E-state index in [1.54, 1.807) is 30.3 Å². The van der Waals surface area contributed by atoms with E-state index in [1.807, 2.05) is 61.5 Å². The van der Waals surface area contributed by atoms with Crippen molar-refractivity contribution in [2.45, 2.75) is 16.8 Å². The first kappa shape index (κ1) is 18.0. The van der Waals surface area contributed by atoms with Gasteiger partial charge in [0.05, 0.1) is 4.90 Å². The van der Waals surface area contributed by atoms with Crippen LogP contribution in [0.3, 0.4) is 0 Å². The maximum absolute atomic E-state index is 13.2. The first-order chi connectivity index (χ1) is 13.5. The van der Waals surface area contributed by atoms with E-state index < -0.39 is 9.84 Å². The first-order valence-corrected chi connectivity index (χ1v) is 10.2. The normalized spacial score (nSPS) is 11.3. The Morgan fingerprint density at radius 1 is 0.821 bits per heavy atom. The number of anilines is 2. The van der Waals surface area contributed by atoms with E-state index >= 15 is 0 Å². The summed E-state index contributed by atoms with van der Waals surface area (Å²) in [6.45, 7) is 1.98. The minimum absolute atomic E-state index is 0.0885. The van der Waals surface area contributed by atoms with Crippen LogP contribution in [0.4, 0.5) is 11.6 Å². The number of para-hydroxylation sites is 1. The summed E-state index contributed by atoms with van der Waals surface area (Å²) in [6.07, 6.45) is 0. The predicted octanol–water partition coefficient (Wildman–Crippen LogP) is 5.23. The molecule has 1 N–H and O–H groups in total. The molecule has 28 heavy (non-hydrogen) atoms. The number of hydrogen-bond acceptors (Lipinski definition) is 5. The molecule has 0 aliphatic heterocycles. The molecule has 5 nitrogen and oxygen atoms in total. The van der Waals surface area contributed by atoms with Crippen molar-refractivity contribution in [3.05, 3.63) is 90.5 Å². The van der Waals surface area contributed by atoms with E-state index in [0.717, 1.165) is 5.56 Å². The van der Waals surface area contributed by atoms with Crippen LogP contribution in [-0.4, -0.2) is 13.4 Å². The lowest BCUT2D eigenvalue weighted by Gasteiger charge is -2.05. The molecule has 0 radical (unpaired) electrons. The molecule has 0 bridgehead atoms. The van der Waals surface area contributed by atoms with Crippen LogP contribution in [0.2, 0.25) is 0 Å². The Bertz CT molecular complexity index is 1180. The zero-order chi connectivity index (χ0) is 19.6. The van der Waals surface area contributed by atoms with Gasteiger partial charge in [-0.2, -0.15) is 4.98 Å².